The van der Waals surface area contributed by atoms with Crippen LogP contribution in [0.25, 0.3) is 0 Å². The monoisotopic (exact) mass is 253 g/mol. The summed E-state index contributed by atoms with van der Waals surface area (Å²) in [5.74, 6) is 2.62. The molecule has 3 fully saturated rings. The lowest BCUT2D eigenvalue weighted by molar-refractivity contribution is -0.102. The molecule has 104 valence electrons. The molecule has 0 aromatic carbocycles. The molecular weight excluding hydrogens is 226 g/mol. The highest BCUT2D eigenvalue weighted by atomic mass is 16.6. The zero-order valence-corrected chi connectivity index (χ0v) is 11.6. The molecule has 0 saturated carbocycles. The first-order valence-corrected chi connectivity index (χ1v) is 7.70. The van der Waals surface area contributed by atoms with E-state index in [0.29, 0.717) is 0 Å². The van der Waals surface area contributed by atoms with Crippen molar-refractivity contribution in [2.45, 2.75) is 44.6 Å². The number of rotatable bonds is 2. The first-order valence-electron chi connectivity index (χ1n) is 7.70. The molecule has 4 atom stereocenters. The summed E-state index contributed by atoms with van der Waals surface area (Å²) in [6, 6.07) is 0. The predicted molar refractivity (Wildman–Crippen MR) is 71.6 cm³/mol. The first kappa shape index (κ1) is 12.9. The van der Waals surface area contributed by atoms with Gasteiger partial charge in [0.15, 0.2) is 0 Å². The topological polar surface area (TPSA) is 30.5 Å². The molecular formula is C15H27NO2. The third-order valence-electron chi connectivity index (χ3n) is 5.29. The Morgan fingerprint density at radius 1 is 1.28 bits per heavy atom. The Kier molecular flexibility index (Phi) is 3.92. The van der Waals surface area contributed by atoms with Crippen molar-refractivity contribution < 1.29 is 9.47 Å². The van der Waals surface area contributed by atoms with Crippen LogP contribution >= 0.6 is 0 Å². The van der Waals surface area contributed by atoms with Crippen molar-refractivity contribution in [3.8, 4) is 0 Å². The lowest BCUT2D eigenvalue weighted by Crippen LogP contribution is -2.42. The van der Waals surface area contributed by atoms with E-state index in [0.717, 1.165) is 44.0 Å². The van der Waals surface area contributed by atoms with E-state index >= 15 is 0 Å². The van der Waals surface area contributed by atoms with Gasteiger partial charge in [-0.3, -0.25) is 0 Å². The van der Waals surface area contributed by atoms with E-state index in [1.165, 1.54) is 38.8 Å². The van der Waals surface area contributed by atoms with Gasteiger partial charge in [-0.1, -0.05) is 6.92 Å². The summed E-state index contributed by atoms with van der Waals surface area (Å²) in [5.41, 5.74) is 0.0915. The molecule has 1 spiro atoms. The minimum Gasteiger partial charge on any atom is -0.378 e. The van der Waals surface area contributed by atoms with Crippen molar-refractivity contribution >= 4 is 0 Å². The predicted octanol–water partition coefficient (Wildman–Crippen LogP) is 2.21. The molecule has 1 N–H and O–H groups in total. The van der Waals surface area contributed by atoms with Gasteiger partial charge < -0.3 is 14.8 Å². The van der Waals surface area contributed by atoms with Crippen LogP contribution in [0.4, 0.5) is 0 Å². The molecule has 3 heteroatoms. The highest BCUT2D eigenvalue weighted by Crippen LogP contribution is 2.39. The number of hydrogen-bond acceptors (Lipinski definition) is 3. The molecule has 3 rings (SSSR count). The van der Waals surface area contributed by atoms with Gasteiger partial charge in [0, 0.05) is 19.6 Å². The number of nitrogens with one attached hydrogen (secondary N) is 1. The Morgan fingerprint density at radius 3 is 3.00 bits per heavy atom. The standard InChI is InChI=1S/C15H27NO2/c1-12-2-5-16-10-14(12)8-13-3-6-18-15(9-13)4-7-17-11-15/h12-14,16H,2-11H2,1H3. The van der Waals surface area contributed by atoms with Crippen LogP contribution in [0.5, 0.6) is 0 Å². The first-order chi connectivity index (χ1) is 8.77. The minimum absolute atomic E-state index is 0.0915. The molecule has 18 heavy (non-hydrogen) atoms. The quantitative estimate of drug-likeness (QED) is 0.818. The Balaban J connectivity index is 1.55. The van der Waals surface area contributed by atoms with Crippen molar-refractivity contribution in [3.05, 3.63) is 0 Å². The maximum atomic E-state index is 6.03. The molecule has 0 bridgehead atoms. The van der Waals surface area contributed by atoms with Crippen molar-refractivity contribution in [2.24, 2.45) is 17.8 Å². The van der Waals surface area contributed by atoms with Crippen molar-refractivity contribution in [1.29, 1.82) is 0 Å². The molecule has 0 aromatic heterocycles. The van der Waals surface area contributed by atoms with Crippen molar-refractivity contribution in [2.75, 3.05) is 32.9 Å². The van der Waals surface area contributed by atoms with Crippen LogP contribution in [0.15, 0.2) is 0 Å². The second-order valence-electron chi connectivity index (χ2n) is 6.66. The SMILES string of the molecule is CC1CCNCC1CC1CCOC2(CCOC2)C1. The van der Waals surface area contributed by atoms with Gasteiger partial charge in [-0.15, -0.1) is 0 Å². The average Bonchev–Trinajstić information content (AvgIpc) is 2.80. The zero-order chi connectivity index (χ0) is 12.4. The summed E-state index contributed by atoms with van der Waals surface area (Å²) in [6.45, 7) is 7.54. The Morgan fingerprint density at radius 2 is 2.22 bits per heavy atom. The van der Waals surface area contributed by atoms with Crippen LogP contribution in [0.2, 0.25) is 0 Å². The summed E-state index contributed by atoms with van der Waals surface area (Å²) in [6.07, 6.45) is 6.34. The largest absolute Gasteiger partial charge is 0.378 e. The lowest BCUT2D eigenvalue weighted by Gasteiger charge is -2.40. The molecule has 4 unspecified atom stereocenters. The highest BCUT2D eigenvalue weighted by Gasteiger charge is 2.41. The van der Waals surface area contributed by atoms with Crippen molar-refractivity contribution in [3.63, 3.8) is 0 Å². The van der Waals surface area contributed by atoms with Crippen LogP contribution < -0.4 is 5.32 Å². The van der Waals surface area contributed by atoms with E-state index in [4.69, 9.17) is 9.47 Å². The van der Waals surface area contributed by atoms with Gasteiger partial charge >= 0.3 is 0 Å². The maximum absolute atomic E-state index is 6.03. The minimum atomic E-state index is 0.0915. The average molecular weight is 253 g/mol. The van der Waals surface area contributed by atoms with Crippen LogP contribution in [0.3, 0.4) is 0 Å². The summed E-state index contributed by atoms with van der Waals surface area (Å²) in [5, 5.41) is 3.56. The van der Waals surface area contributed by atoms with Gasteiger partial charge in [0.1, 0.15) is 0 Å². The third kappa shape index (κ3) is 2.73. The maximum Gasteiger partial charge on any atom is 0.0939 e. The van der Waals surface area contributed by atoms with Gasteiger partial charge in [0.05, 0.1) is 12.2 Å². The molecule has 3 nitrogen and oxygen atoms in total. The highest BCUT2D eigenvalue weighted by molar-refractivity contribution is 4.91. The molecule has 0 radical (unpaired) electrons. The zero-order valence-electron chi connectivity index (χ0n) is 11.6. The molecule has 3 aliphatic heterocycles. The normalized spacial score (nSPS) is 45.5. The molecule has 3 aliphatic rings. The molecule has 0 aromatic rings. The second kappa shape index (κ2) is 5.48. The van der Waals surface area contributed by atoms with Gasteiger partial charge in [0.2, 0.25) is 0 Å². The Bertz CT molecular complexity index is 276. The van der Waals surface area contributed by atoms with Crippen LogP contribution in [0.1, 0.15) is 39.0 Å². The second-order valence-corrected chi connectivity index (χ2v) is 6.66. The van der Waals surface area contributed by atoms with E-state index in [9.17, 15) is 0 Å². The Labute approximate surface area is 111 Å². The van der Waals surface area contributed by atoms with Gasteiger partial charge in [-0.05, 0) is 56.5 Å². The fourth-order valence-electron chi connectivity index (χ4n) is 3.99. The van der Waals surface area contributed by atoms with Gasteiger partial charge in [0.25, 0.3) is 0 Å². The van der Waals surface area contributed by atoms with E-state index in [2.05, 4.69) is 12.2 Å². The third-order valence-corrected chi connectivity index (χ3v) is 5.29. The number of hydrogen-bond donors (Lipinski definition) is 1. The molecule has 3 saturated heterocycles. The number of piperidine rings is 1. The van der Waals surface area contributed by atoms with E-state index in [-0.39, 0.29) is 5.60 Å². The van der Waals surface area contributed by atoms with Gasteiger partial charge in [-0.2, -0.15) is 0 Å². The molecule has 0 amide bonds. The summed E-state index contributed by atoms with van der Waals surface area (Å²) in [4.78, 5) is 0. The Hall–Kier alpha value is -0.120. The van der Waals surface area contributed by atoms with Crippen LogP contribution in [-0.2, 0) is 9.47 Å². The van der Waals surface area contributed by atoms with E-state index < -0.39 is 0 Å². The van der Waals surface area contributed by atoms with Crippen LogP contribution in [0, 0.1) is 17.8 Å². The smallest absolute Gasteiger partial charge is 0.0939 e. The van der Waals surface area contributed by atoms with Crippen molar-refractivity contribution in [1.82, 2.24) is 5.32 Å². The van der Waals surface area contributed by atoms with Crippen LogP contribution in [-0.4, -0.2) is 38.5 Å². The fraction of sp³-hybridized carbons (Fsp3) is 1.00. The van der Waals surface area contributed by atoms with Gasteiger partial charge in [-0.25, -0.2) is 0 Å². The molecule has 0 aliphatic carbocycles. The summed E-state index contributed by atoms with van der Waals surface area (Å²) in [7, 11) is 0. The number of ether oxygens (including phenoxy) is 2. The van der Waals surface area contributed by atoms with E-state index in [1.54, 1.807) is 0 Å². The summed E-state index contributed by atoms with van der Waals surface area (Å²) >= 11 is 0. The summed E-state index contributed by atoms with van der Waals surface area (Å²) < 4.78 is 11.6. The lowest BCUT2D eigenvalue weighted by atomic mass is 9.76. The molecule has 3 heterocycles. The van der Waals surface area contributed by atoms with E-state index in [1.807, 2.05) is 0 Å². The fourth-order valence-corrected chi connectivity index (χ4v) is 3.99.